The highest BCUT2D eigenvalue weighted by atomic mass is 16.5. The molecule has 1 aromatic carbocycles. The van der Waals surface area contributed by atoms with E-state index in [0.717, 1.165) is 25.9 Å². The Bertz CT molecular complexity index is 438. The Morgan fingerprint density at radius 1 is 1.21 bits per heavy atom. The molecule has 1 aliphatic rings. The van der Waals surface area contributed by atoms with Crippen LogP contribution in [-0.4, -0.2) is 30.5 Å². The van der Waals surface area contributed by atoms with Crippen LogP contribution in [0.1, 0.15) is 43.0 Å². The van der Waals surface area contributed by atoms with Crippen molar-refractivity contribution in [3.05, 3.63) is 23.8 Å². The molecule has 1 aromatic rings. The van der Waals surface area contributed by atoms with Crippen molar-refractivity contribution in [2.45, 2.75) is 32.6 Å². The summed E-state index contributed by atoms with van der Waals surface area (Å²) in [7, 11) is 0. The molecule has 1 amide bonds. The van der Waals surface area contributed by atoms with Crippen LogP contribution in [0.25, 0.3) is 0 Å². The highest BCUT2D eigenvalue weighted by molar-refractivity contribution is 5.95. The van der Waals surface area contributed by atoms with E-state index in [9.17, 15) is 4.79 Å². The predicted molar refractivity (Wildman–Crippen MR) is 76.4 cm³/mol. The van der Waals surface area contributed by atoms with Gasteiger partial charge in [0.15, 0.2) is 0 Å². The molecule has 4 nitrogen and oxygen atoms in total. The van der Waals surface area contributed by atoms with Crippen molar-refractivity contribution in [2.24, 2.45) is 0 Å². The lowest BCUT2D eigenvalue weighted by Gasteiger charge is -2.20. The molecule has 0 aliphatic carbocycles. The summed E-state index contributed by atoms with van der Waals surface area (Å²) >= 11 is 0. The van der Waals surface area contributed by atoms with Crippen molar-refractivity contribution >= 4 is 11.6 Å². The number of likely N-dealkylation sites (tertiary alicyclic amines) is 1. The first kappa shape index (κ1) is 13.7. The van der Waals surface area contributed by atoms with Crippen LogP contribution in [-0.2, 0) is 0 Å². The summed E-state index contributed by atoms with van der Waals surface area (Å²) < 4.78 is 5.44. The van der Waals surface area contributed by atoms with Crippen LogP contribution in [0.5, 0.6) is 5.75 Å². The van der Waals surface area contributed by atoms with Crippen molar-refractivity contribution < 1.29 is 9.53 Å². The zero-order valence-corrected chi connectivity index (χ0v) is 11.5. The highest BCUT2D eigenvalue weighted by Crippen LogP contribution is 2.21. The fourth-order valence-electron chi connectivity index (χ4n) is 2.45. The number of carbonyl (C=O) groups is 1. The summed E-state index contributed by atoms with van der Waals surface area (Å²) in [6.07, 6.45) is 4.61. The van der Waals surface area contributed by atoms with E-state index in [1.54, 1.807) is 18.2 Å². The molecule has 0 spiro atoms. The lowest BCUT2D eigenvalue weighted by Crippen LogP contribution is -2.31. The van der Waals surface area contributed by atoms with Gasteiger partial charge in [0, 0.05) is 30.4 Å². The number of hydrogen-bond acceptors (Lipinski definition) is 3. The minimum Gasteiger partial charge on any atom is -0.494 e. The molecule has 4 heteroatoms. The van der Waals surface area contributed by atoms with Crippen LogP contribution in [0.15, 0.2) is 18.2 Å². The fourth-order valence-corrected chi connectivity index (χ4v) is 2.45. The third-order valence-corrected chi connectivity index (χ3v) is 3.38. The van der Waals surface area contributed by atoms with Crippen molar-refractivity contribution in [3.8, 4) is 5.75 Å². The number of benzene rings is 1. The van der Waals surface area contributed by atoms with Gasteiger partial charge in [-0.25, -0.2) is 0 Å². The van der Waals surface area contributed by atoms with Crippen LogP contribution >= 0.6 is 0 Å². The first-order valence-corrected chi connectivity index (χ1v) is 7.03. The molecule has 2 rings (SSSR count). The van der Waals surface area contributed by atoms with Crippen LogP contribution in [0.3, 0.4) is 0 Å². The molecule has 0 bridgehead atoms. The molecular weight excluding hydrogens is 240 g/mol. The minimum atomic E-state index is 0.0650. The number of ether oxygens (including phenoxy) is 1. The van der Waals surface area contributed by atoms with Gasteiger partial charge in [-0.3, -0.25) is 4.79 Å². The summed E-state index contributed by atoms with van der Waals surface area (Å²) in [5.74, 6) is 0.732. The molecular formula is C15H22N2O2. The first-order chi connectivity index (χ1) is 9.20. The molecule has 0 atom stereocenters. The van der Waals surface area contributed by atoms with E-state index in [-0.39, 0.29) is 5.91 Å². The first-order valence-electron chi connectivity index (χ1n) is 7.03. The lowest BCUT2D eigenvalue weighted by atomic mass is 10.1. The summed E-state index contributed by atoms with van der Waals surface area (Å²) in [5.41, 5.74) is 7.04. The fraction of sp³-hybridized carbons (Fsp3) is 0.533. The Morgan fingerprint density at radius 2 is 1.89 bits per heavy atom. The Hall–Kier alpha value is -1.71. The molecule has 0 saturated carbocycles. The van der Waals surface area contributed by atoms with E-state index in [2.05, 4.69) is 0 Å². The number of nitrogen functional groups attached to an aromatic ring is 1. The van der Waals surface area contributed by atoms with Crippen molar-refractivity contribution in [1.29, 1.82) is 0 Å². The maximum Gasteiger partial charge on any atom is 0.254 e. The second-order valence-electron chi connectivity index (χ2n) is 4.93. The number of carbonyl (C=O) groups excluding carboxylic acids is 1. The Morgan fingerprint density at radius 3 is 2.53 bits per heavy atom. The molecule has 1 saturated heterocycles. The summed E-state index contributed by atoms with van der Waals surface area (Å²) in [4.78, 5) is 14.4. The molecule has 1 fully saturated rings. The van der Waals surface area contributed by atoms with E-state index in [4.69, 9.17) is 10.5 Å². The summed E-state index contributed by atoms with van der Waals surface area (Å²) in [5, 5.41) is 0. The SMILES string of the molecule is CCOc1cc(N)cc(C(=O)N2CCCCCC2)c1. The number of anilines is 1. The van der Waals surface area contributed by atoms with E-state index >= 15 is 0 Å². The maximum absolute atomic E-state index is 12.5. The average Bonchev–Trinajstić information content (AvgIpc) is 2.66. The van der Waals surface area contributed by atoms with Gasteiger partial charge in [0.1, 0.15) is 5.75 Å². The molecule has 1 aliphatic heterocycles. The Balaban J connectivity index is 2.17. The van der Waals surface area contributed by atoms with Crippen LogP contribution in [0.2, 0.25) is 0 Å². The third kappa shape index (κ3) is 3.63. The van der Waals surface area contributed by atoms with E-state index in [1.807, 2.05) is 11.8 Å². The molecule has 2 N–H and O–H groups in total. The van der Waals surface area contributed by atoms with E-state index < -0.39 is 0 Å². The molecule has 0 unspecified atom stereocenters. The minimum absolute atomic E-state index is 0.0650. The van der Waals surface area contributed by atoms with Crippen molar-refractivity contribution in [1.82, 2.24) is 4.90 Å². The van der Waals surface area contributed by atoms with Gasteiger partial charge in [-0.1, -0.05) is 12.8 Å². The second-order valence-corrected chi connectivity index (χ2v) is 4.93. The molecule has 0 aromatic heterocycles. The van der Waals surface area contributed by atoms with Crippen LogP contribution in [0, 0.1) is 0 Å². The van der Waals surface area contributed by atoms with Gasteiger partial charge in [0.2, 0.25) is 0 Å². The van der Waals surface area contributed by atoms with E-state index in [1.165, 1.54) is 12.8 Å². The zero-order chi connectivity index (χ0) is 13.7. The molecule has 19 heavy (non-hydrogen) atoms. The predicted octanol–water partition coefficient (Wildman–Crippen LogP) is 2.68. The summed E-state index contributed by atoms with van der Waals surface area (Å²) in [6, 6.07) is 5.27. The number of nitrogens with zero attached hydrogens (tertiary/aromatic N) is 1. The monoisotopic (exact) mass is 262 g/mol. The standard InChI is InChI=1S/C15H22N2O2/c1-2-19-14-10-12(9-13(16)11-14)15(18)17-7-5-3-4-6-8-17/h9-11H,2-8,16H2,1H3. The van der Waals surface area contributed by atoms with Crippen molar-refractivity contribution in [2.75, 3.05) is 25.4 Å². The van der Waals surface area contributed by atoms with Crippen LogP contribution < -0.4 is 10.5 Å². The third-order valence-electron chi connectivity index (χ3n) is 3.38. The Kier molecular flexibility index (Phi) is 4.66. The number of hydrogen-bond donors (Lipinski definition) is 1. The van der Waals surface area contributed by atoms with Crippen LogP contribution in [0.4, 0.5) is 5.69 Å². The van der Waals surface area contributed by atoms with Gasteiger partial charge in [0.25, 0.3) is 5.91 Å². The largest absolute Gasteiger partial charge is 0.494 e. The smallest absolute Gasteiger partial charge is 0.254 e. The second kappa shape index (κ2) is 6.45. The van der Waals surface area contributed by atoms with Gasteiger partial charge in [-0.15, -0.1) is 0 Å². The van der Waals surface area contributed by atoms with Gasteiger partial charge in [0.05, 0.1) is 6.61 Å². The van der Waals surface area contributed by atoms with Crippen molar-refractivity contribution in [3.63, 3.8) is 0 Å². The number of rotatable bonds is 3. The van der Waals surface area contributed by atoms with Gasteiger partial charge in [-0.05, 0) is 31.9 Å². The maximum atomic E-state index is 12.5. The molecule has 104 valence electrons. The zero-order valence-electron chi connectivity index (χ0n) is 11.5. The quantitative estimate of drug-likeness (QED) is 0.852. The Labute approximate surface area is 114 Å². The highest BCUT2D eigenvalue weighted by Gasteiger charge is 2.18. The van der Waals surface area contributed by atoms with Gasteiger partial charge >= 0.3 is 0 Å². The summed E-state index contributed by atoms with van der Waals surface area (Å²) in [6.45, 7) is 4.18. The van der Waals surface area contributed by atoms with Gasteiger partial charge in [-0.2, -0.15) is 0 Å². The average molecular weight is 262 g/mol. The molecule has 0 radical (unpaired) electrons. The lowest BCUT2D eigenvalue weighted by molar-refractivity contribution is 0.0761. The molecule has 1 heterocycles. The number of nitrogens with two attached hydrogens (primary N) is 1. The normalized spacial score (nSPS) is 15.9. The number of amides is 1. The van der Waals surface area contributed by atoms with E-state index in [0.29, 0.717) is 23.6 Å². The van der Waals surface area contributed by atoms with Gasteiger partial charge < -0.3 is 15.4 Å². The topological polar surface area (TPSA) is 55.6 Å².